The summed E-state index contributed by atoms with van der Waals surface area (Å²) in [6.07, 6.45) is -3.27. The van der Waals surface area contributed by atoms with E-state index >= 15 is 0 Å². The van der Waals surface area contributed by atoms with Crippen molar-refractivity contribution in [3.05, 3.63) is 71.8 Å². The summed E-state index contributed by atoms with van der Waals surface area (Å²) >= 11 is 0. The van der Waals surface area contributed by atoms with Crippen LogP contribution >= 0.6 is 0 Å². The van der Waals surface area contributed by atoms with Gasteiger partial charge < -0.3 is 20.5 Å². The molecule has 1 unspecified atom stereocenters. The van der Waals surface area contributed by atoms with Crippen LogP contribution in [0.4, 0.5) is 13.2 Å². The summed E-state index contributed by atoms with van der Waals surface area (Å²) in [7, 11) is 0. The van der Waals surface area contributed by atoms with Gasteiger partial charge in [-0.15, -0.1) is 0 Å². The average Bonchev–Trinajstić information content (AvgIpc) is 2.79. The van der Waals surface area contributed by atoms with Crippen LogP contribution in [0, 0.1) is 0 Å². The number of piperidine rings is 1. The Labute approximate surface area is 189 Å². The van der Waals surface area contributed by atoms with Crippen LogP contribution in [-0.4, -0.2) is 35.7 Å². The third-order valence-corrected chi connectivity index (χ3v) is 6.14. The fraction of sp³-hybridized carbons (Fsp3) is 0.320. The Kier molecular flexibility index (Phi) is 6.32. The predicted octanol–water partition coefficient (Wildman–Crippen LogP) is 4.88. The van der Waals surface area contributed by atoms with Crippen molar-refractivity contribution in [3.63, 3.8) is 0 Å². The lowest BCUT2D eigenvalue weighted by Crippen LogP contribution is -2.55. The van der Waals surface area contributed by atoms with Gasteiger partial charge in [-0.05, 0) is 86.8 Å². The number of carbonyl (C=O) groups is 1. The SMILES string of the molecule is CC(NC(=O)c1ccc2c(Oc3ccc(C(F)(F)F)cc3)cccc2c1)C1(O)CCNCC1. The van der Waals surface area contributed by atoms with Gasteiger partial charge in [-0.3, -0.25) is 4.79 Å². The van der Waals surface area contributed by atoms with Crippen LogP contribution in [-0.2, 0) is 6.18 Å². The van der Waals surface area contributed by atoms with Gasteiger partial charge in [0.25, 0.3) is 5.91 Å². The van der Waals surface area contributed by atoms with E-state index in [0.29, 0.717) is 37.2 Å². The van der Waals surface area contributed by atoms with Crippen LogP contribution in [0.25, 0.3) is 10.8 Å². The number of amides is 1. The van der Waals surface area contributed by atoms with Crippen LogP contribution < -0.4 is 15.4 Å². The fourth-order valence-corrected chi connectivity index (χ4v) is 4.03. The molecule has 1 aliphatic rings. The van der Waals surface area contributed by atoms with E-state index in [1.807, 2.05) is 6.07 Å². The molecular weight excluding hydrogens is 433 g/mol. The molecule has 1 atom stereocenters. The van der Waals surface area contributed by atoms with Gasteiger partial charge in [0.1, 0.15) is 11.5 Å². The number of halogens is 3. The van der Waals surface area contributed by atoms with Crippen molar-refractivity contribution in [2.75, 3.05) is 13.1 Å². The maximum Gasteiger partial charge on any atom is 0.416 e. The van der Waals surface area contributed by atoms with E-state index in [0.717, 1.165) is 22.9 Å². The van der Waals surface area contributed by atoms with Gasteiger partial charge in [-0.1, -0.05) is 12.1 Å². The van der Waals surface area contributed by atoms with Gasteiger partial charge in [0, 0.05) is 10.9 Å². The summed E-state index contributed by atoms with van der Waals surface area (Å²) in [5.41, 5.74) is -1.24. The van der Waals surface area contributed by atoms with Crippen molar-refractivity contribution in [2.24, 2.45) is 0 Å². The lowest BCUT2D eigenvalue weighted by atomic mass is 9.85. The number of alkyl halides is 3. The Morgan fingerprint density at radius 3 is 2.45 bits per heavy atom. The van der Waals surface area contributed by atoms with Crippen LogP contribution in [0.15, 0.2) is 60.7 Å². The Bertz CT molecular complexity index is 1140. The minimum absolute atomic E-state index is 0.279. The molecule has 4 rings (SSSR count). The normalized spacial score (nSPS) is 16.9. The third kappa shape index (κ3) is 5.12. The molecule has 0 aromatic heterocycles. The number of ether oxygens (including phenoxy) is 1. The van der Waals surface area contributed by atoms with E-state index in [1.54, 1.807) is 37.3 Å². The molecule has 0 bridgehead atoms. The minimum Gasteiger partial charge on any atom is -0.457 e. The molecule has 1 aliphatic heterocycles. The Morgan fingerprint density at radius 2 is 1.79 bits per heavy atom. The quantitative estimate of drug-likeness (QED) is 0.510. The first-order chi connectivity index (χ1) is 15.7. The monoisotopic (exact) mass is 458 g/mol. The van der Waals surface area contributed by atoms with E-state index in [9.17, 15) is 23.1 Å². The van der Waals surface area contributed by atoms with E-state index < -0.39 is 23.4 Å². The topological polar surface area (TPSA) is 70.6 Å². The van der Waals surface area contributed by atoms with Crippen molar-refractivity contribution in [3.8, 4) is 11.5 Å². The largest absolute Gasteiger partial charge is 0.457 e. The van der Waals surface area contributed by atoms with E-state index in [2.05, 4.69) is 10.6 Å². The zero-order chi connectivity index (χ0) is 23.6. The Hall–Kier alpha value is -3.10. The molecule has 1 heterocycles. The molecule has 174 valence electrons. The number of hydrogen-bond donors (Lipinski definition) is 3. The highest BCUT2D eigenvalue weighted by molar-refractivity contribution is 6.00. The molecule has 0 radical (unpaired) electrons. The Balaban J connectivity index is 1.51. The number of fused-ring (bicyclic) bond motifs is 1. The maximum atomic E-state index is 12.8. The third-order valence-electron chi connectivity index (χ3n) is 6.14. The van der Waals surface area contributed by atoms with Crippen LogP contribution in [0.2, 0.25) is 0 Å². The van der Waals surface area contributed by atoms with Crippen molar-refractivity contribution >= 4 is 16.7 Å². The van der Waals surface area contributed by atoms with Crippen molar-refractivity contribution in [2.45, 2.75) is 37.6 Å². The first-order valence-electron chi connectivity index (χ1n) is 10.8. The number of benzene rings is 3. The lowest BCUT2D eigenvalue weighted by Gasteiger charge is -2.38. The second-order valence-electron chi connectivity index (χ2n) is 8.36. The first kappa shape index (κ1) is 23.1. The molecule has 8 heteroatoms. The van der Waals surface area contributed by atoms with Crippen molar-refractivity contribution < 1.29 is 27.8 Å². The summed E-state index contributed by atoms with van der Waals surface area (Å²) < 4.78 is 44.1. The van der Waals surface area contributed by atoms with Crippen LogP contribution in [0.1, 0.15) is 35.7 Å². The standard InChI is InChI=1S/C25H25F3N2O3/c1-16(24(32)11-13-29-14-12-24)30-23(31)18-5-10-21-17(15-18)3-2-4-22(21)33-20-8-6-19(7-9-20)25(26,27)28/h2-10,15-16,29,32H,11-14H2,1H3,(H,30,31). The van der Waals surface area contributed by atoms with E-state index in [4.69, 9.17) is 4.74 Å². The highest BCUT2D eigenvalue weighted by atomic mass is 19.4. The second-order valence-corrected chi connectivity index (χ2v) is 8.36. The highest BCUT2D eigenvalue weighted by Gasteiger charge is 2.36. The number of aliphatic hydroxyl groups is 1. The molecule has 1 saturated heterocycles. The highest BCUT2D eigenvalue weighted by Crippen LogP contribution is 2.34. The predicted molar refractivity (Wildman–Crippen MR) is 119 cm³/mol. The summed E-state index contributed by atoms with van der Waals surface area (Å²) in [5.74, 6) is 0.461. The molecule has 3 N–H and O–H groups in total. The zero-order valence-electron chi connectivity index (χ0n) is 18.1. The van der Waals surface area contributed by atoms with Gasteiger partial charge in [-0.2, -0.15) is 13.2 Å². The number of nitrogens with one attached hydrogen (secondary N) is 2. The molecule has 5 nitrogen and oxygen atoms in total. The number of rotatable bonds is 5. The van der Waals surface area contributed by atoms with Crippen molar-refractivity contribution in [1.82, 2.24) is 10.6 Å². The first-order valence-corrected chi connectivity index (χ1v) is 10.8. The zero-order valence-corrected chi connectivity index (χ0v) is 18.1. The van der Waals surface area contributed by atoms with Gasteiger partial charge in [0.05, 0.1) is 17.2 Å². The summed E-state index contributed by atoms with van der Waals surface area (Å²) in [5, 5.41) is 18.4. The molecule has 0 spiro atoms. The van der Waals surface area contributed by atoms with Gasteiger partial charge in [-0.25, -0.2) is 0 Å². The average molecular weight is 458 g/mol. The molecule has 1 fully saturated rings. The molecule has 33 heavy (non-hydrogen) atoms. The number of hydrogen-bond acceptors (Lipinski definition) is 4. The summed E-state index contributed by atoms with van der Waals surface area (Å²) in [6.45, 7) is 3.21. The van der Waals surface area contributed by atoms with Crippen molar-refractivity contribution in [1.29, 1.82) is 0 Å². The number of carbonyl (C=O) groups excluding carboxylic acids is 1. The summed E-state index contributed by atoms with van der Waals surface area (Å²) in [6, 6.07) is 14.5. The van der Waals surface area contributed by atoms with Gasteiger partial charge >= 0.3 is 6.18 Å². The Morgan fingerprint density at radius 1 is 1.09 bits per heavy atom. The fourth-order valence-electron chi connectivity index (χ4n) is 4.03. The molecule has 0 aliphatic carbocycles. The van der Waals surface area contributed by atoms with E-state index in [-0.39, 0.29) is 11.7 Å². The maximum absolute atomic E-state index is 12.8. The van der Waals surface area contributed by atoms with Crippen LogP contribution in [0.3, 0.4) is 0 Å². The smallest absolute Gasteiger partial charge is 0.416 e. The summed E-state index contributed by atoms with van der Waals surface area (Å²) in [4.78, 5) is 12.8. The van der Waals surface area contributed by atoms with Crippen LogP contribution in [0.5, 0.6) is 11.5 Å². The molecule has 3 aromatic carbocycles. The molecule has 0 saturated carbocycles. The lowest BCUT2D eigenvalue weighted by molar-refractivity contribution is -0.137. The van der Waals surface area contributed by atoms with E-state index in [1.165, 1.54) is 12.1 Å². The second kappa shape index (κ2) is 9.03. The molecule has 1 amide bonds. The van der Waals surface area contributed by atoms with Gasteiger partial charge in [0.15, 0.2) is 0 Å². The van der Waals surface area contributed by atoms with Gasteiger partial charge in [0.2, 0.25) is 0 Å². The molecular formula is C25H25F3N2O3. The molecule has 3 aromatic rings. The minimum atomic E-state index is -4.41.